The number of pyridine rings is 1. The van der Waals surface area contributed by atoms with E-state index in [1.165, 1.54) is 0 Å². The lowest BCUT2D eigenvalue weighted by atomic mass is 9.93. The maximum absolute atomic E-state index is 12.3. The highest BCUT2D eigenvalue weighted by atomic mass is 16.2. The normalized spacial score (nSPS) is 23.8. The van der Waals surface area contributed by atoms with E-state index < -0.39 is 0 Å². The number of nitrogens with two attached hydrogens (primary N) is 1. The van der Waals surface area contributed by atoms with Crippen molar-refractivity contribution in [3.63, 3.8) is 0 Å². The first-order valence-corrected chi connectivity index (χ1v) is 6.35. The molecule has 2 heterocycles. The van der Waals surface area contributed by atoms with Gasteiger partial charge in [-0.3, -0.25) is 10.6 Å². The van der Waals surface area contributed by atoms with Crippen molar-refractivity contribution in [2.24, 2.45) is 11.8 Å². The standard InChI is InChI=1S/C13H20N4O/c1-9-5-6-17(10(2)7-9)13(18)12-4-3-11(16-14)8-15-12/h3-4,8-10,16H,5-7,14H2,1-2H3. The van der Waals surface area contributed by atoms with Crippen molar-refractivity contribution in [3.05, 3.63) is 24.0 Å². The van der Waals surface area contributed by atoms with Crippen LogP contribution >= 0.6 is 0 Å². The van der Waals surface area contributed by atoms with E-state index >= 15 is 0 Å². The fourth-order valence-electron chi connectivity index (χ4n) is 2.46. The summed E-state index contributed by atoms with van der Waals surface area (Å²) in [5.41, 5.74) is 3.68. The largest absolute Gasteiger partial charge is 0.335 e. The predicted molar refractivity (Wildman–Crippen MR) is 70.9 cm³/mol. The van der Waals surface area contributed by atoms with Gasteiger partial charge in [-0.2, -0.15) is 0 Å². The van der Waals surface area contributed by atoms with Gasteiger partial charge in [0.05, 0.1) is 11.9 Å². The average molecular weight is 248 g/mol. The Hall–Kier alpha value is -1.62. The molecule has 5 nitrogen and oxygen atoms in total. The monoisotopic (exact) mass is 248 g/mol. The summed E-state index contributed by atoms with van der Waals surface area (Å²) in [6, 6.07) is 3.76. The Bertz CT molecular complexity index is 418. The van der Waals surface area contributed by atoms with Crippen molar-refractivity contribution < 1.29 is 4.79 Å². The van der Waals surface area contributed by atoms with Crippen LogP contribution in [0.3, 0.4) is 0 Å². The van der Waals surface area contributed by atoms with E-state index in [0.717, 1.165) is 19.4 Å². The molecule has 0 saturated carbocycles. The molecular weight excluding hydrogens is 228 g/mol. The van der Waals surface area contributed by atoms with Crippen LogP contribution in [0.2, 0.25) is 0 Å². The van der Waals surface area contributed by atoms with E-state index in [9.17, 15) is 4.79 Å². The van der Waals surface area contributed by atoms with Crippen molar-refractivity contribution in [1.29, 1.82) is 0 Å². The zero-order chi connectivity index (χ0) is 13.1. The van der Waals surface area contributed by atoms with Crippen LogP contribution in [0.4, 0.5) is 5.69 Å². The predicted octanol–water partition coefficient (Wildman–Crippen LogP) is 1.63. The van der Waals surface area contributed by atoms with Gasteiger partial charge in [0.15, 0.2) is 0 Å². The van der Waals surface area contributed by atoms with Gasteiger partial charge < -0.3 is 10.3 Å². The highest BCUT2D eigenvalue weighted by molar-refractivity contribution is 5.92. The van der Waals surface area contributed by atoms with Crippen molar-refractivity contribution in [2.75, 3.05) is 12.0 Å². The lowest BCUT2D eigenvalue weighted by Crippen LogP contribution is -2.44. The fraction of sp³-hybridized carbons (Fsp3) is 0.538. The molecule has 2 unspecified atom stereocenters. The van der Waals surface area contributed by atoms with Gasteiger partial charge in [-0.1, -0.05) is 6.92 Å². The second kappa shape index (κ2) is 5.35. The summed E-state index contributed by atoms with van der Waals surface area (Å²) in [4.78, 5) is 18.4. The maximum atomic E-state index is 12.3. The number of hydrogen-bond acceptors (Lipinski definition) is 4. The highest BCUT2D eigenvalue weighted by Gasteiger charge is 2.27. The molecule has 0 aromatic carbocycles. The number of piperidine rings is 1. The minimum absolute atomic E-state index is 0.0120. The molecule has 1 fully saturated rings. The highest BCUT2D eigenvalue weighted by Crippen LogP contribution is 2.23. The third-order valence-electron chi connectivity index (χ3n) is 3.55. The zero-order valence-electron chi connectivity index (χ0n) is 10.9. The first kappa shape index (κ1) is 12.8. The van der Waals surface area contributed by atoms with E-state index in [2.05, 4.69) is 24.3 Å². The summed E-state index contributed by atoms with van der Waals surface area (Å²) in [5.74, 6) is 5.98. The molecule has 98 valence electrons. The van der Waals surface area contributed by atoms with Crippen LogP contribution in [0.5, 0.6) is 0 Å². The molecule has 1 aromatic heterocycles. The summed E-state index contributed by atoms with van der Waals surface area (Å²) in [6.45, 7) is 5.15. The molecule has 1 saturated heterocycles. The second-order valence-electron chi connectivity index (χ2n) is 5.05. The number of carbonyl (C=O) groups excluding carboxylic acids is 1. The minimum atomic E-state index is 0.0120. The first-order valence-electron chi connectivity index (χ1n) is 6.35. The molecule has 0 spiro atoms. The number of nitrogen functional groups attached to an aromatic ring is 1. The summed E-state index contributed by atoms with van der Waals surface area (Å²) in [7, 11) is 0. The Labute approximate surface area is 107 Å². The lowest BCUT2D eigenvalue weighted by Gasteiger charge is -2.36. The number of carbonyl (C=O) groups is 1. The number of rotatable bonds is 2. The van der Waals surface area contributed by atoms with Crippen LogP contribution < -0.4 is 11.3 Å². The second-order valence-corrected chi connectivity index (χ2v) is 5.05. The SMILES string of the molecule is CC1CCN(C(=O)c2ccc(NN)cn2)C(C)C1. The van der Waals surface area contributed by atoms with Crippen molar-refractivity contribution in [2.45, 2.75) is 32.7 Å². The minimum Gasteiger partial charge on any atom is -0.335 e. The van der Waals surface area contributed by atoms with Gasteiger partial charge in [0.2, 0.25) is 0 Å². The van der Waals surface area contributed by atoms with Crippen LogP contribution in [0.15, 0.2) is 18.3 Å². The van der Waals surface area contributed by atoms with Crippen LogP contribution in [-0.4, -0.2) is 28.4 Å². The summed E-state index contributed by atoms with van der Waals surface area (Å²) in [6.07, 6.45) is 3.71. The molecule has 0 bridgehead atoms. The molecule has 0 aliphatic carbocycles. The molecule has 1 aromatic rings. The maximum Gasteiger partial charge on any atom is 0.272 e. The summed E-state index contributed by atoms with van der Waals surface area (Å²) in [5, 5.41) is 0. The number of anilines is 1. The molecule has 1 aliphatic rings. The molecule has 3 N–H and O–H groups in total. The Morgan fingerprint density at radius 3 is 2.83 bits per heavy atom. The molecule has 2 rings (SSSR count). The Morgan fingerprint density at radius 1 is 1.50 bits per heavy atom. The number of likely N-dealkylation sites (tertiary alicyclic amines) is 1. The van der Waals surface area contributed by atoms with E-state index in [1.807, 2.05) is 4.90 Å². The van der Waals surface area contributed by atoms with E-state index in [-0.39, 0.29) is 11.9 Å². The van der Waals surface area contributed by atoms with Gasteiger partial charge in [-0.05, 0) is 37.8 Å². The molecule has 18 heavy (non-hydrogen) atoms. The van der Waals surface area contributed by atoms with Crippen molar-refractivity contribution >= 4 is 11.6 Å². The van der Waals surface area contributed by atoms with E-state index in [0.29, 0.717) is 17.3 Å². The number of hydrazine groups is 1. The Morgan fingerprint density at radius 2 is 2.28 bits per heavy atom. The third-order valence-corrected chi connectivity index (χ3v) is 3.55. The van der Waals surface area contributed by atoms with Gasteiger partial charge in [0.1, 0.15) is 5.69 Å². The summed E-state index contributed by atoms with van der Waals surface area (Å²) >= 11 is 0. The molecular formula is C13H20N4O. The van der Waals surface area contributed by atoms with E-state index in [4.69, 9.17) is 5.84 Å². The van der Waals surface area contributed by atoms with Crippen LogP contribution in [0.1, 0.15) is 37.2 Å². The van der Waals surface area contributed by atoms with Gasteiger partial charge in [0.25, 0.3) is 5.91 Å². The van der Waals surface area contributed by atoms with Crippen LogP contribution in [0, 0.1) is 5.92 Å². The van der Waals surface area contributed by atoms with Crippen LogP contribution in [-0.2, 0) is 0 Å². The van der Waals surface area contributed by atoms with Crippen molar-refractivity contribution in [3.8, 4) is 0 Å². The zero-order valence-corrected chi connectivity index (χ0v) is 10.9. The van der Waals surface area contributed by atoms with Gasteiger partial charge in [-0.25, -0.2) is 4.98 Å². The molecule has 1 amide bonds. The van der Waals surface area contributed by atoms with E-state index in [1.54, 1.807) is 18.3 Å². The van der Waals surface area contributed by atoms with Gasteiger partial charge in [-0.15, -0.1) is 0 Å². The quantitative estimate of drug-likeness (QED) is 0.616. The topological polar surface area (TPSA) is 71.2 Å². The summed E-state index contributed by atoms with van der Waals surface area (Å²) < 4.78 is 0. The molecule has 0 radical (unpaired) electrons. The number of hydrogen-bond donors (Lipinski definition) is 2. The number of nitrogens with zero attached hydrogens (tertiary/aromatic N) is 2. The average Bonchev–Trinajstić information content (AvgIpc) is 2.38. The first-order chi connectivity index (χ1) is 8.61. The Kier molecular flexibility index (Phi) is 3.81. The van der Waals surface area contributed by atoms with Crippen LogP contribution in [0.25, 0.3) is 0 Å². The third kappa shape index (κ3) is 2.61. The molecule has 5 heteroatoms. The number of amides is 1. The number of aromatic nitrogens is 1. The Balaban J connectivity index is 2.10. The smallest absolute Gasteiger partial charge is 0.272 e. The fourth-order valence-corrected chi connectivity index (χ4v) is 2.46. The van der Waals surface area contributed by atoms with Gasteiger partial charge in [0, 0.05) is 12.6 Å². The molecule has 2 atom stereocenters. The molecule has 1 aliphatic heterocycles. The lowest BCUT2D eigenvalue weighted by molar-refractivity contribution is 0.0582. The van der Waals surface area contributed by atoms with Gasteiger partial charge >= 0.3 is 0 Å². The number of nitrogens with one attached hydrogen (secondary N) is 1. The van der Waals surface area contributed by atoms with Crippen molar-refractivity contribution in [1.82, 2.24) is 9.88 Å².